The third-order valence-corrected chi connectivity index (χ3v) is 1.05. The summed E-state index contributed by atoms with van der Waals surface area (Å²) >= 11 is 0. The molecule has 0 spiro atoms. The second-order valence-corrected chi connectivity index (χ2v) is 2.01. The zero-order valence-corrected chi connectivity index (χ0v) is 6.35. The second kappa shape index (κ2) is 4.82. The smallest absolute Gasteiger partial charge is 0.0308 e. The molecule has 0 bridgehead atoms. The lowest BCUT2D eigenvalue weighted by Crippen LogP contribution is -2.04. The molecule has 0 aliphatic heterocycles. The largest absolute Gasteiger partial charge is 0.399 e. The summed E-state index contributed by atoms with van der Waals surface area (Å²) in [5.74, 6) is 0. The van der Waals surface area contributed by atoms with Gasteiger partial charge in [0.25, 0.3) is 0 Å². The quantitative estimate of drug-likeness (QED) is 0.564. The van der Waals surface area contributed by atoms with Gasteiger partial charge in [-0.3, -0.25) is 0 Å². The Morgan fingerprint density at radius 2 is 2.20 bits per heavy atom. The fraction of sp³-hybridized carbons (Fsp3) is 0.250. The fourth-order valence-electron chi connectivity index (χ4n) is 0.426. The first kappa shape index (κ1) is 8.98. The molecule has 0 saturated heterocycles. The van der Waals surface area contributed by atoms with Crippen LogP contribution >= 0.6 is 0 Å². The number of nitrogens with two attached hydrogens (primary N) is 1. The van der Waals surface area contributed by atoms with E-state index >= 15 is 0 Å². The molecule has 0 radical (unpaired) electrons. The summed E-state index contributed by atoms with van der Waals surface area (Å²) in [6.07, 6.45) is 3.79. The van der Waals surface area contributed by atoms with Crippen LogP contribution in [0.25, 0.3) is 0 Å². The fourth-order valence-corrected chi connectivity index (χ4v) is 0.426. The van der Waals surface area contributed by atoms with E-state index in [1.807, 2.05) is 19.2 Å². The van der Waals surface area contributed by atoms with Crippen LogP contribution in [0.5, 0.6) is 0 Å². The molecule has 0 aliphatic carbocycles. The van der Waals surface area contributed by atoms with Crippen molar-refractivity contribution < 1.29 is 0 Å². The van der Waals surface area contributed by atoms with Crippen molar-refractivity contribution in [3.63, 3.8) is 0 Å². The van der Waals surface area contributed by atoms with E-state index in [0.717, 1.165) is 12.1 Å². The molecule has 0 aliphatic rings. The molecule has 0 unspecified atom stereocenters. The molecule has 0 amide bonds. The number of nitrogens with one attached hydrogen (secondary N) is 1. The van der Waals surface area contributed by atoms with Gasteiger partial charge in [0.1, 0.15) is 0 Å². The van der Waals surface area contributed by atoms with Crippen molar-refractivity contribution in [3.05, 3.63) is 36.6 Å². The molecule has 56 valence electrons. The third-order valence-electron chi connectivity index (χ3n) is 1.05. The first-order valence-electron chi connectivity index (χ1n) is 3.13. The molecule has 0 atom stereocenters. The van der Waals surface area contributed by atoms with Crippen LogP contribution in [0.15, 0.2) is 36.6 Å². The van der Waals surface area contributed by atoms with E-state index in [9.17, 15) is 0 Å². The summed E-state index contributed by atoms with van der Waals surface area (Å²) in [4.78, 5) is 0. The van der Waals surface area contributed by atoms with Crippen molar-refractivity contribution in [3.8, 4) is 0 Å². The lowest BCUT2D eigenvalue weighted by molar-refractivity contribution is 0.919. The van der Waals surface area contributed by atoms with Gasteiger partial charge in [-0.05, 0) is 12.6 Å². The molecule has 0 saturated carbocycles. The molecular formula is C8H14N2. The van der Waals surface area contributed by atoms with E-state index in [4.69, 9.17) is 5.73 Å². The van der Waals surface area contributed by atoms with Gasteiger partial charge < -0.3 is 11.1 Å². The van der Waals surface area contributed by atoms with Gasteiger partial charge in [0.2, 0.25) is 0 Å². The van der Waals surface area contributed by atoms with Crippen molar-refractivity contribution in [1.82, 2.24) is 5.32 Å². The topological polar surface area (TPSA) is 38.0 Å². The minimum atomic E-state index is 0.521. The van der Waals surface area contributed by atoms with Crippen LogP contribution in [-0.4, -0.2) is 13.6 Å². The number of likely N-dealkylation sites (N-methyl/N-ethyl adjacent to an activating group) is 1. The second-order valence-electron chi connectivity index (χ2n) is 2.01. The average Bonchev–Trinajstić information content (AvgIpc) is 1.88. The summed E-state index contributed by atoms with van der Waals surface area (Å²) in [6.45, 7) is 8.05. The Bertz CT molecular complexity index is 157. The Labute approximate surface area is 62.1 Å². The van der Waals surface area contributed by atoms with Crippen molar-refractivity contribution in [1.29, 1.82) is 0 Å². The van der Waals surface area contributed by atoms with E-state index in [0.29, 0.717) is 5.70 Å². The van der Waals surface area contributed by atoms with Gasteiger partial charge in [0.15, 0.2) is 0 Å². The van der Waals surface area contributed by atoms with Crippen LogP contribution in [-0.2, 0) is 0 Å². The molecular weight excluding hydrogens is 124 g/mol. The van der Waals surface area contributed by atoms with Crippen LogP contribution < -0.4 is 11.1 Å². The van der Waals surface area contributed by atoms with E-state index in [1.165, 1.54) is 0 Å². The Hall–Kier alpha value is -1.02. The minimum absolute atomic E-state index is 0.521. The Morgan fingerprint density at radius 1 is 1.60 bits per heavy atom. The molecule has 10 heavy (non-hydrogen) atoms. The molecule has 0 aromatic rings. The molecule has 0 aromatic carbocycles. The molecule has 0 rings (SSSR count). The molecule has 3 N–H and O–H groups in total. The first-order chi connectivity index (χ1) is 4.68. The summed E-state index contributed by atoms with van der Waals surface area (Å²) in [5, 5.41) is 2.96. The van der Waals surface area contributed by atoms with E-state index in [1.54, 1.807) is 0 Å². The number of allylic oxidation sites excluding steroid dienone is 1. The Kier molecular flexibility index (Phi) is 4.33. The zero-order valence-electron chi connectivity index (χ0n) is 6.35. The molecule has 2 heteroatoms. The Morgan fingerprint density at radius 3 is 2.60 bits per heavy atom. The normalized spacial score (nSPS) is 10.1. The van der Waals surface area contributed by atoms with Crippen molar-refractivity contribution >= 4 is 0 Å². The predicted molar refractivity (Wildman–Crippen MR) is 45.5 cm³/mol. The highest BCUT2D eigenvalue weighted by Crippen LogP contribution is 1.97. The van der Waals surface area contributed by atoms with Gasteiger partial charge in [-0.15, -0.1) is 0 Å². The zero-order chi connectivity index (χ0) is 7.98. The van der Waals surface area contributed by atoms with Crippen molar-refractivity contribution in [2.75, 3.05) is 13.6 Å². The lowest BCUT2D eigenvalue weighted by atomic mass is 10.2. The Balaban J connectivity index is 3.67. The van der Waals surface area contributed by atoms with Crippen molar-refractivity contribution in [2.24, 2.45) is 5.73 Å². The van der Waals surface area contributed by atoms with Gasteiger partial charge in [-0.2, -0.15) is 0 Å². The minimum Gasteiger partial charge on any atom is -0.399 e. The van der Waals surface area contributed by atoms with E-state index < -0.39 is 0 Å². The van der Waals surface area contributed by atoms with Gasteiger partial charge in [-0.25, -0.2) is 0 Å². The third kappa shape index (κ3) is 3.92. The van der Waals surface area contributed by atoms with Gasteiger partial charge >= 0.3 is 0 Å². The summed E-state index contributed by atoms with van der Waals surface area (Å²) in [7, 11) is 1.88. The lowest BCUT2D eigenvalue weighted by Gasteiger charge is -1.95. The first-order valence-corrected chi connectivity index (χ1v) is 3.13. The monoisotopic (exact) mass is 138 g/mol. The highest BCUT2D eigenvalue weighted by atomic mass is 14.8. The van der Waals surface area contributed by atoms with Crippen molar-refractivity contribution in [2.45, 2.75) is 0 Å². The number of hydrogen-bond acceptors (Lipinski definition) is 2. The maximum Gasteiger partial charge on any atom is 0.0308 e. The SMILES string of the molecule is C=C(N)C(=C)/C=C\CNC. The number of rotatable bonds is 4. The standard InChI is InChI=1S/C8H14N2/c1-7(8(2)9)5-4-6-10-3/h4-5,10H,1-2,6,9H2,3H3/b5-4-. The number of hydrogen-bond donors (Lipinski definition) is 2. The van der Waals surface area contributed by atoms with Crippen LogP contribution in [0.4, 0.5) is 0 Å². The highest BCUT2D eigenvalue weighted by Gasteiger charge is 1.85. The molecule has 2 nitrogen and oxygen atoms in total. The summed E-state index contributed by atoms with van der Waals surface area (Å²) in [6, 6.07) is 0. The van der Waals surface area contributed by atoms with Gasteiger partial charge in [0.05, 0.1) is 0 Å². The predicted octanol–water partition coefficient (Wildman–Crippen LogP) is 0.791. The highest BCUT2D eigenvalue weighted by molar-refractivity contribution is 5.32. The molecule has 0 heterocycles. The van der Waals surface area contributed by atoms with E-state index in [-0.39, 0.29) is 0 Å². The van der Waals surface area contributed by atoms with Crippen LogP contribution in [0.3, 0.4) is 0 Å². The molecule has 0 fully saturated rings. The average molecular weight is 138 g/mol. The molecule has 0 aromatic heterocycles. The van der Waals surface area contributed by atoms with Gasteiger partial charge in [-0.1, -0.05) is 25.3 Å². The summed E-state index contributed by atoms with van der Waals surface area (Å²) < 4.78 is 0. The van der Waals surface area contributed by atoms with Gasteiger partial charge in [0, 0.05) is 12.2 Å². The summed E-state index contributed by atoms with van der Waals surface area (Å²) in [5.41, 5.74) is 6.65. The maximum absolute atomic E-state index is 5.35. The van der Waals surface area contributed by atoms with Crippen LogP contribution in [0, 0.1) is 0 Å². The van der Waals surface area contributed by atoms with Crippen LogP contribution in [0.1, 0.15) is 0 Å². The van der Waals surface area contributed by atoms with E-state index in [2.05, 4.69) is 18.5 Å². The van der Waals surface area contributed by atoms with Crippen LogP contribution in [0.2, 0.25) is 0 Å². The maximum atomic E-state index is 5.35.